The number of carbonyl (C=O) groups excluding carboxylic acids is 1. The van der Waals surface area contributed by atoms with Crippen molar-refractivity contribution in [3.05, 3.63) is 110 Å². The first-order valence-electron chi connectivity index (χ1n) is 12.6. The highest BCUT2D eigenvalue weighted by atomic mass is 35.5. The number of carbonyl (C=O) groups is 1. The fraction of sp³-hybridized carbons (Fsp3) is 0.107. The molecule has 0 aliphatic rings. The first-order valence-corrected chi connectivity index (χ1v) is 16.7. The first kappa shape index (κ1) is 33.8. The minimum Gasteiger partial charge on any atom is -0.495 e. The molecule has 4 aromatic rings. The Morgan fingerprint density at radius 1 is 0.889 bits per heavy atom. The monoisotopic (exact) mass is 712 g/mol. The summed E-state index contributed by atoms with van der Waals surface area (Å²) in [6.45, 7) is 0.649. The molecule has 0 bridgehead atoms. The van der Waals surface area contributed by atoms with E-state index in [2.05, 4.69) is 10.0 Å². The summed E-state index contributed by atoms with van der Waals surface area (Å²) in [6.07, 6.45) is 0. The van der Waals surface area contributed by atoms with Gasteiger partial charge in [-0.05, 0) is 73.7 Å². The van der Waals surface area contributed by atoms with Crippen LogP contribution in [0.25, 0.3) is 0 Å². The SMILES string of the molecule is COc1ccc(Cl)cc1N(CC(=O)Nc1ccc(S(=O)(=O)Nc2ccc(Cl)cc2Cl)cc1)S(=O)(=O)c1ccc(C)c([N+](=O)[O-])c1. The molecule has 0 saturated carbocycles. The number of nitro benzene ring substituents is 1. The molecule has 236 valence electrons. The molecule has 0 saturated heterocycles. The number of nitrogens with zero attached hydrogens (tertiary/aromatic N) is 2. The van der Waals surface area contributed by atoms with E-state index in [1.807, 2.05) is 0 Å². The van der Waals surface area contributed by atoms with E-state index in [-0.39, 0.29) is 43.3 Å². The molecular formula is C28H23Cl3N4O8S2. The van der Waals surface area contributed by atoms with Crippen molar-refractivity contribution in [2.45, 2.75) is 16.7 Å². The van der Waals surface area contributed by atoms with E-state index in [4.69, 9.17) is 39.5 Å². The van der Waals surface area contributed by atoms with E-state index in [1.54, 1.807) is 0 Å². The quantitative estimate of drug-likeness (QED) is 0.131. The van der Waals surface area contributed by atoms with E-state index in [0.29, 0.717) is 9.33 Å². The average Bonchev–Trinajstić information content (AvgIpc) is 2.97. The molecule has 0 spiro atoms. The number of nitro groups is 1. The number of halogens is 3. The third-order valence-electron chi connectivity index (χ3n) is 6.29. The van der Waals surface area contributed by atoms with Crippen LogP contribution >= 0.6 is 34.8 Å². The maximum absolute atomic E-state index is 13.9. The molecule has 0 aromatic heterocycles. The first-order chi connectivity index (χ1) is 21.1. The van der Waals surface area contributed by atoms with Gasteiger partial charge in [0.15, 0.2) is 0 Å². The average molecular weight is 714 g/mol. The number of methoxy groups -OCH3 is 1. The molecule has 2 N–H and O–H groups in total. The van der Waals surface area contributed by atoms with Crippen LogP contribution < -0.4 is 19.1 Å². The fourth-order valence-electron chi connectivity index (χ4n) is 4.06. The molecule has 45 heavy (non-hydrogen) atoms. The molecular weight excluding hydrogens is 691 g/mol. The van der Waals surface area contributed by atoms with Crippen LogP contribution in [-0.2, 0) is 24.8 Å². The molecule has 0 atom stereocenters. The smallest absolute Gasteiger partial charge is 0.273 e. The summed E-state index contributed by atoms with van der Waals surface area (Å²) in [6, 6.07) is 16.8. The Labute approximate surface area is 273 Å². The van der Waals surface area contributed by atoms with Crippen LogP contribution in [0.2, 0.25) is 15.1 Å². The van der Waals surface area contributed by atoms with Crippen LogP contribution in [0, 0.1) is 17.0 Å². The van der Waals surface area contributed by atoms with Crippen molar-refractivity contribution >= 4 is 83.5 Å². The number of sulfonamides is 2. The van der Waals surface area contributed by atoms with Gasteiger partial charge in [-0.1, -0.05) is 40.9 Å². The van der Waals surface area contributed by atoms with Crippen molar-refractivity contribution in [2.75, 3.05) is 28.0 Å². The summed E-state index contributed by atoms with van der Waals surface area (Å²) in [7, 11) is -7.39. The third kappa shape index (κ3) is 7.78. The van der Waals surface area contributed by atoms with Crippen molar-refractivity contribution in [2.24, 2.45) is 0 Å². The lowest BCUT2D eigenvalue weighted by atomic mass is 10.2. The number of anilines is 3. The van der Waals surface area contributed by atoms with Crippen LogP contribution in [0.1, 0.15) is 5.56 Å². The predicted octanol–water partition coefficient (Wildman–Crippen LogP) is 6.51. The zero-order chi connectivity index (χ0) is 33.1. The maximum atomic E-state index is 13.9. The number of benzene rings is 4. The molecule has 1 amide bonds. The summed E-state index contributed by atoms with van der Waals surface area (Å²) in [4.78, 5) is 23.4. The highest BCUT2D eigenvalue weighted by Crippen LogP contribution is 2.36. The zero-order valence-corrected chi connectivity index (χ0v) is 27.2. The lowest BCUT2D eigenvalue weighted by Crippen LogP contribution is -2.38. The molecule has 12 nitrogen and oxygen atoms in total. The van der Waals surface area contributed by atoms with E-state index < -0.39 is 48.0 Å². The van der Waals surface area contributed by atoms with Crippen molar-refractivity contribution in [3.8, 4) is 5.75 Å². The number of aryl methyl sites for hydroxylation is 1. The van der Waals surface area contributed by atoms with E-state index in [9.17, 15) is 31.7 Å². The molecule has 0 heterocycles. The minimum absolute atomic E-state index is 0.0558. The van der Waals surface area contributed by atoms with Gasteiger partial charge in [0.2, 0.25) is 5.91 Å². The Kier molecular flexibility index (Phi) is 10.1. The lowest BCUT2D eigenvalue weighted by Gasteiger charge is -2.26. The van der Waals surface area contributed by atoms with E-state index in [0.717, 1.165) is 6.07 Å². The summed E-state index contributed by atoms with van der Waals surface area (Å²) in [5.41, 5.74) is -0.0430. The van der Waals surface area contributed by atoms with Gasteiger partial charge >= 0.3 is 0 Å². The second-order valence-corrected chi connectivity index (χ2v) is 14.2. The van der Waals surface area contributed by atoms with Crippen molar-refractivity contribution in [1.82, 2.24) is 0 Å². The predicted molar refractivity (Wildman–Crippen MR) is 173 cm³/mol. The highest BCUT2D eigenvalue weighted by Gasteiger charge is 2.31. The molecule has 17 heteroatoms. The second-order valence-electron chi connectivity index (χ2n) is 9.34. The van der Waals surface area contributed by atoms with Gasteiger partial charge in [0.1, 0.15) is 12.3 Å². The van der Waals surface area contributed by atoms with Crippen LogP contribution in [0.5, 0.6) is 5.75 Å². The normalized spacial score (nSPS) is 11.5. The van der Waals surface area contributed by atoms with Crippen LogP contribution in [-0.4, -0.2) is 41.3 Å². The van der Waals surface area contributed by atoms with Crippen LogP contribution in [0.15, 0.2) is 88.7 Å². The Morgan fingerprint density at radius 2 is 1.51 bits per heavy atom. The molecule has 0 radical (unpaired) electrons. The van der Waals surface area contributed by atoms with Crippen molar-refractivity contribution in [3.63, 3.8) is 0 Å². The Hall–Kier alpha value is -4.08. The van der Waals surface area contributed by atoms with Gasteiger partial charge in [-0.3, -0.25) is 23.9 Å². The zero-order valence-electron chi connectivity index (χ0n) is 23.3. The number of ether oxygens (including phenoxy) is 1. The van der Waals surface area contributed by atoms with Crippen molar-refractivity contribution < 1.29 is 31.3 Å². The summed E-state index contributed by atoms with van der Waals surface area (Å²) in [5.74, 6) is -0.774. The number of amides is 1. The second kappa shape index (κ2) is 13.5. The summed E-state index contributed by atoms with van der Waals surface area (Å²) >= 11 is 18.1. The van der Waals surface area contributed by atoms with Gasteiger partial charge in [0.25, 0.3) is 25.7 Å². The van der Waals surface area contributed by atoms with Gasteiger partial charge in [-0.25, -0.2) is 16.8 Å². The van der Waals surface area contributed by atoms with Crippen molar-refractivity contribution in [1.29, 1.82) is 0 Å². The molecule has 0 aliphatic carbocycles. The molecule has 4 rings (SSSR count). The van der Waals surface area contributed by atoms with E-state index in [1.165, 1.54) is 86.8 Å². The standard InChI is InChI=1S/C28H23Cl3N4O8S2/c1-17-3-8-22(15-25(17)35(37)38)45(41,42)34(26-14-19(30)5-12-27(26)43-2)16-28(36)32-20-6-9-21(10-7-20)44(39,40)33-24-11-4-18(29)13-23(24)31/h3-15,33H,16H2,1-2H3,(H,32,36). The fourth-order valence-corrected chi connectivity index (χ4v) is 7.26. The molecule has 0 unspecified atom stereocenters. The van der Waals surface area contributed by atoms with Gasteiger partial charge in [0.05, 0.1) is 38.2 Å². The topological polar surface area (TPSA) is 165 Å². The third-order valence-corrected chi connectivity index (χ3v) is 10.2. The number of hydrogen-bond acceptors (Lipinski definition) is 8. The van der Waals surface area contributed by atoms with E-state index >= 15 is 0 Å². The minimum atomic E-state index is -4.60. The molecule has 4 aromatic carbocycles. The van der Waals surface area contributed by atoms with Gasteiger partial charge in [-0.15, -0.1) is 0 Å². The van der Waals surface area contributed by atoms with Gasteiger partial charge in [-0.2, -0.15) is 0 Å². The van der Waals surface area contributed by atoms with Gasteiger partial charge in [0, 0.05) is 27.4 Å². The Morgan fingerprint density at radius 3 is 2.13 bits per heavy atom. The lowest BCUT2D eigenvalue weighted by molar-refractivity contribution is -0.385. The number of nitrogens with one attached hydrogen (secondary N) is 2. The highest BCUT2D eigenvalue weighted by molar-refractivity contribution is 7.93. The Bertz CT molecular complexity index is 2010. The molecule has 0 aliphatic heterocycles. The largest absolute Gasteiger partial charge is 0.495 e. The number of hydrogen-bond donors (Lipinski definition) is 2. The summed E-state index contributed by atoms with van der Waals surface area (Å²) < 4.78 is 61.8. The molecule has 0 fully saturated rings. The summed E-state index contributed by atoms with van der Waals surface area (Å²) in [5, 5.41) is 14.6. The van der Waals surface area contributed by atoms with Crippen LogP contribution in [0.4, 0.5) is 22.7 Å². The number of rotatable bonds is 11. The van der Waals surface area contributed by atoms with Gasteiger partial charge < -0.3 is 10.1 Å². The van der Waals surface area contributed by atoms with Crippen LogP contribution in [0.3, 0.4) is 0 Å². The Balaban J connectivity index is 1.63. The maximum Gasteiger partial charge on any atom is 0.273 e.